The van der Waals surface area contributed by atoms with Crippen LogP contribution in [-0.4, -0.2) is 5.78 Å². The minimum Gasteiger partial charge on any atom is -0.295 e. The van der Waals surface area contributed by atoms with Crippen molar-refractivity contribution >= 4 is 5.78 Å². The summed E-state index contributed by atoms with van der Waals surface area (Å²) in [7, 11) is 0. The number of hydrogen-bond donors (Lipinski definition) is 0. The lowest BCUT2D eigenvalue weighted by Crippen LogP contribution is -2.24. The Kier molecular flexibility index (Phi) is 2.50. The Labute approximate surface area is 86.6 Å². The van der Waals surface area contributed by atoms with Crippen molar-refractivity contribution in [1.82, 2.24) is 0 Å². The molecule has 0 amide bonds. The minimum absolute atomic E-state index is 0.202. The van der Waals surface area contributed by atoms with Gasteiger partial charge in [-0.15, -0.1) is 0 Å². The Balaban J connectivity index is 2.27. The van der Waals surface area contributed by atoms with Gasteiger partial charge in [-0.3, -0.25) is 4.79 Å². The average Bonchev–Trinajstić information content (AvgIpc) is 2.38. The molecule has 0 radical (unpaired) electrons. The predicted octanol–water partition coefficient (Wildman–Crippen LogP) is 3.49. The van der Waals surface area contributed by atoms with E-state index in [-0.39, 0.29) is 5.41 Å². The van der Waals surface area contributed by atoms with Crippen LogP contribution in [0.5, 0.6) is 0 Å². The summed E-state index contributed by atoms with van der Waals surface area (Å²) in [6, 6.07) is 0. The van der Waals surface area contributed by atoms with E-state index < -0.39 is 0 Å². The first-order chi connectivity index (χ1) is 6.67. The van der Waals surface area contributed by atoms with E-state index >= 15 is 0 Å². The molecule has 0 N–H and O–H groups in total. The van der Waals surface area contributed by atoms with Gasteiger partial charge < -0.3 is 0 Å². The first-order valence-electron chi connectivity index (χ1n) is 5.89. The van der Waals surface area contributed by atoms with Gasteiger partial charge in [0.1, 0.15) is 0 Å². The molecular formula is C13H20O. The van der Waals surface area contributed by atoms with E-state index in [1.165, 1.54) is 38.5 Å². The summed E-state index contributed by atoms with van der Waals surface area (Å²) in [4.78, 5) is 11.7. The van der Waals surface area contributed by atoms with Crippen molar-refractivity contribution in [2.75, 3.05) is 0 Å². The van der Waals surface area contributed by atoms with Crippen molar-refractivity contribution in [2.24, 2.45) is 11.3 Å². The molecule has 2 aliphatic carbocycles. The maximum Gasteiger partial charge on any atom is 0.159 e. The third-order valence-electron chi connectivity index (χ3n) is 4.37. The summed E-state index contributed by atoms with van der Waals surface area (Å²) in [6.45, 7) is 6.29. The second kappa shape index (κ2) is 3.52. The zero-order chi connectivity index (χ0) is 10.2. The van der Waals surface area contributed by atoms with Crippen molar-refractivity contribution in [2.45, 2.75) is 51.9 Å². The van der Waals surface area contributed by atoms with Crippen molar-refractivity contribution in [3.05, 3.63) is 12.2 Å². The monoisotopic (exact) mass is 192 g/mol. The number of Topliss-reactive ketones (excluding diaryl/α,β-unsaturated/α-hetero) is 1. The van der Waals surface area contributed by atoms with Gasteiger partial charge in [0.05, 0.1) is 0 Å². The van der Waals surface area contributed by atoms with Gasteiger partial charge in [0.15, 0.2) is 5.78 Å². The van der Waals surface area contributed by atoms with Gasteiger partial charge in [-0.05, 0) is 24.3 Å². The molecule has 0 saturated heterocycles. The SMILES string of the molecule is C=C1C(=O)CC(C)C12CCCCCC2. The first kappa shape index (κ1) is 9.95. The molecule has 78 valence electrons. The molecular weight excluding hydrogens is 172 g/mol. The van der Waals surface area contributed by atoms with Crippen molar-refractivity contribution in [1.29, 1.82) is 0 Å². The van der Waals surface area contributed by atoms with E-state index in [1.807, 2.05) is 0 Å². The Morgan fingerprint density at radius 3 is 2.21 bits per heavy atom. The number of rotatable bonds is 0. The van der Waals surface area contributed by atoms with E-state index in [4.69, 9.17) is 0 Å². The second-order valence-electron chi connectivity index (χ2n) is 5.08. The summed E-state index contributed by atoms with van der Waals surface area (Å²) < 4.78 is 0. The lowest BCUT2D eigenvalue weighted by atomic mass is 9.71. The van der Waals surface area contributed by atoms with E-state index in [9.17, 15) is 4.79 Å². The molecule has 0 bridgehead atoms. The van der Waals surface area contributed by atoms with Gasteiger partial charge in [-0.1, -0.05) is 39.2 Å². The van der Waals surface area contributed by atoms with Crippen LogP contribution in [0.15, 0.2) is 12.2 Å². The largest absolute Gasteiger partial charge is 0.295 e. The van der Waals surface area contributed by atoms with Crippen molar-refractivity contribution in [3.63, 3.8) is 0 Å². The molecule has 0 aliphatic heterocycles. The summed E-state index contributed by atoms with van der Waals surface area (Å²) in [5.74, 6) is 0.875. The maximum atomic E-state index is 11.7. The van der Waals surface area contributed by atoms with Gasteiger partial charge in [0.25, 0.3) is 0 Å². The maximum absolute atomic E-state index is 11.7. The van der Waals surface area contributed by atoms with Gasteiger partial charge in [-0.25, -0.2) is 0 Å². The molecule has 0 aromatic heterocycles. The van der Waals surface area contributed by atoms with Crippen LogP contribution in [0.2, 0.25) is 0 Å². The molecule has 1 nitrogen and oxygen atoms in total. The molecule has 1 heteroatoms. The lowest BCUT2D eigenvalue weighted by molar-refractivity contribution is -0.114. The van der Waals surface area contributed by atoms with E-state index in [1.54, 1.807) is 0 Å². The van der Waals surface area contributed by atoms with Crippen LogP contribution in [0.25, 0.3) is 0 Å². The topological polar surface area (TPSA) is 17.1 Å². The molecule has 2 rings (SSSR count). The van der Waals surface area contributed by atoms with Crippen molar-refractivity contribution < 1.29 is 4.79 Å². The highest BCUT2D eigenvalue weighted by Gasteiger charge is 2.47. The number of carbonyl (C=O) groups is 1. The molecule has 0 aromatic carbocycles. The highest BCUT2D eigenvalue weighted by atomic mass is 16.1. The standard InChI is InChI=1S/C13H20O/c1-10-9-12(14)11(2)13(10)7-5-3-4-6-8-13/h10H,2-9H2,1H3. The summed E-state index contributed by atoms with van der Waals surface area (Å²) in [5, 5.41) is 0. The third-order valence-corrected chi connectivity index (χ3v) is 4.37. The summed E-state index contributed by atoms with van der Waals surface area (Å²) in [5.41, 5.74) is 1.15. The quantitative estimate of drug-likeness (QED) is 0.537. The fourth-order valence-electron chi connectivity index (χ4n) is 3.33. The number of allylic oxidation sites excluding steroid dienone is 1. The van der Waals surface area contributed by atoms with Gasteiger partial charge in [-0.2, -0.15) is 0 Å². The normalized spacial score (nSPS) is 32.2. The fraction of sp³-hybridized carbons (Fsp3) is 0.769. The average molecular weight is 192 g/mol. The van der Waals surface area contributed by atoms with Crippen LogP contribution in [0.3, 0.4) is 0 Å². The summed E-state index contributed by atoms with van der Waals surface area (Å²) in [6.07, 6.45) is 8.43. The molecule has 14 heavy (non-hydrogen) atoms. The zero-order valence-electron chi connectivity index (χ0n) is 9.14. The van der Waals surface area contributed by atoms with Crippen molar-refractivity contribution in [3.8, 4) is 0 Å². The van der Waals surface area contributed by atoms with Crippen LogP contribution in [0, 0.1) is 11.3 Å². The molecule has 2 aliphatic rings. The van der Waals surface area contributed by atoms with Gasteiger partial charge >= 0.3 is 0 Å². The number of carbonyl (C=O) groups excluding carboxylic acids is 1. The van der Waals surface area contributed by atoms with E-state index in [2.05, 4.69) is 13.5 Å². The Hall–Kier alpha value is -0.590. The Morgan fingerprint density at radius 2 is 1.79 bits per heavy atom. The second-order valence-corrected chi connectivity index (χ2v) is 5.08. The van der Waals surface area contributed by atoms with Crippen LogP contribution >= 0.6 is 0 Å². The van der Waals surface area contributed by atoms with Gasteiger partial charge in [0.2, 0.25) is 0 Å². The molecule has 2 saturated carbocycles. The lowest BCUT2D eigenvalue weighted by Gasteiger charge is -2.33. The molecule has 1 unspecified atom stereocenters. The number of hydrogen-bond acceptors (Lipinski definition) is 1. The van der Waals surface area contributed by atoms with E-state index in [0.717, 1.165) is 12.0 Å². The van der Waals surface area contributed by atoms with E-state index in [0.29, 0.717) is 11.7 Å². The fourth-order valence-corrected chi connectivity index (χ4v) is 3.33. The Bertz CT molecular complexity index is 256. The molecule has 0 heterocycles. The van der Waals surface area contributed by atoms with Crippen LogP contribution in [0.4, 0.5) is 0 Å². The van der Waals surface area contributed by atoms with Crippen LogP contribution in [0.1, 0.15) is 51.9 Å². The minimum atomic E-state index is 0.202. The molecule has 0 aromatic rings. The third kappa shape index (κ3) is 1.34. The Morgan fingerprint density at radius 1 is 1.21 bits per heavy atom. The first-order valence-corrected chi connectivity index (χ1v) is 5.89. The number of ketones is 1. The predicted molar refractivity (Wildman–Crippen MR) is 58.1 cm³/mol. The molecule has 1 atom stereocenters. The van der Waals surface area contributed by atoms with Crippen LogP contribution in [-0.2, 0) is 4.79 Å². The molecule has 1 spiro atoms. The summed E-state index contributed by atoms with van der Waals surface area (Å²) >= 11 is 0. The van der Waals surface area contributed by atoms with Gasteiger partial charge in [0, 0.05) is 11.8 Å². The smallest absolute Gasteiger partial charge is 0.159 e. The molecule has 2 fully saturated rings. The highest BCUT2D eigenvalue weighted by molar-refractivity contribution is 5.98. The highest BCUT2D eigenvalue weighted by Crippen LogP contribution is 2.52. The zero-order valence-corrected chi connectivity index (χ0v) is 9.14. The van der Waals surface area contributed by atoms with Crippen LogP contribution < -0.4 is 0 Å².